The molecule has 0 amide bonds. The van der Waals surface area contributed by atoms with Crippen LogP contribution in [0.2, 0.25) is 0 Å². The summed E-state index contributed by atoms with van der Waals surface area (Å²) in [6.45, 7) is 0. The summed E-state index contributed by atoms with van der Waals surface area (Å²) in [4.78, 5) is 24.0. The van der Waals surface area contributed by atoms with E-state index in [4.69, 9.17) is 0 Å². The third kappa shape index (κ3) is 1.12. The molecule has 0 bridgehead atoms. The standard InChI is InChI=1S/C10H6FNO2/c11-9-7(5-13)6-3-1-2-4-8(6)12-10(9)14/h1-5H,(H,12,14). The summed E-state index contributed by atoms with van der Waals surface area (Å²) in [6.07, 6.45) is 0.354. The van der Waals surface area contributed by atoms with Gasteiger partial charge in [-0.25, -0.2) is 4.39 Å². The zero-order valence-electron chi connectivity index (χ0n) is 7.08. The van der Waals surface area contributed by atoms with Crippen LogP contribution in [0.15, 0.2) is 29.1 Å². The SMILES string of the molecule is O=Cc1c(F)c(=O)[nH]c2ccccc12. The number of pyridine rings is 1. The fourth-order valence-electron chi connectivity index (χ4n) is 1.36. The molecule has 3 nitrogen and oxygen atoms in total. The van der Waals surface area contributed by atoms with Gasteiger partial charge in [0, 0.05) is 10.9 Å². The van der Waals surface area contributed by atoms with Gasteiger partial charge >= 0.3 is 0 Å². The summed E-state index contributed by atoms with van der Waals surface area (Å²) in [7, 11) is 0. The number of halogens is 1. The van der Waals surface area contributed by atoms with Gasteiger partial charge in [-0.3, -0.25) is 9.59 Å². The average molecular weight is 191 g/mol. The van der Waals surface area contributed by atoms with Crippen LogP contribution in [-0.2, 0) is 0 Å². The first-order valence-corrected chi connectivity index (χ1v) is 3.99. The lowest BCUT2D eigenvalue weighted by Gasteiger charge is -2.00. The van der Waals surface area contributed by atoms with Crippen LogP contribution in [0, 0.1) is 5.82 Å². The number of H-pyrrole nitrogens is 1. The number of rotatable bonds is 1. The quantitative estimate of drug-likeness (QED) is 0.694. The molecule has 4 heteroatoms. The molecule has 0 aliphatic rings. The lowest BCUT2D eigenvalue weighted by atomic mass is 10.1. The summed E-state index contributed by atoms with van der Waals surface area (Å²) >= 11 is 0. The number of aromatic nitrogens is 1. The van der Waals surface area contributed by atoms with E-state index in [2.05, 4.69) is 4.98 Å². The number of aldehydes is 1. The van der Waals surface area contributed by atoms with Crippen molar-refractivity contribution in [2.45, 2.75) is 0 Å². The lowest BCUT2D eigenvalue weighted by Crippen LogP contribution is -2.13. The number of carbonyl (C=O) groups is 1. The van der Waals surface area contributed by atoms with E-state index in [1.165, 1.54) is 0 Å². The molecule has 0 saturated heterocycles. The van der Waals surface area contributed by atoms with Gasteiger partial charge in [0.2, 0.25) is 0 Å². The molecule has 0 radical (unpaired) electrons. The van der Waals surface area contributed by atoms with Gasteiger partial charge in [0.05, 0.1) is 5.56 Å². The first-order chi connectivity index (χ1) is 6.74. The fraction of sp³-hybridized carbons (Fsp3) is 0. The molecule has 14 heavy (non-hydrogen) atoms. The zero-order chi connectivity index (χ0) is 10.1. The molecule has 1 aromatic carbocycles. The third-order valence-electron chi connectivity index (χ3n) is 2.02. The van der Waals surface area contributed by atoms with Gasteiger partial charge in [0.1, 0.15) is 0 Å². The molecule has 0 fully saturated rings. The van der Waals surface area contributed by atoms with Crippen molar-refractivity contribution in [3.63, 3.8) is 0 Å². The zero-order valence-corrected chi connectivity index (χ0v) is 7.08. The van der Waals surface area contributed by atoms with E-state index in [-0.39, 0.29) is 5.56 Å². The number of fused-ring (bicyclic) bond motifs is 1. The molecule has 0 saturated carbocycles. The van der Waals surface area contributed by atoms with E-state index in [0.717, 1.165) is 0 Å². The minimum Gasteiger partial charge on any atom is -0.319 e. The van der Waals surface area contributed by atoms with E-state index in [0.29, 0.717) is 17.2 Å². The topological polar surface area (TPSA) is 49.9 Å². The number of nitrogens with one attached hydrogen (secondary N) is 1. The van der Waals surface area contributed by atoms with Crippen LogP contribution < -0.4 is 5.56 Å². The average Bonchev–Trinajstić information content (AvgIpc) is 2.20. The fourth-order valence-corrected chi connectivity index (χ4v) is 1.36. The Morgan fingerprint density at radius 3 is 2.71 bits per heavy atom. The molecule has 70 valence electrons. The number of aromatic amines is 1. The maximum atomic E-state index is 13.2. The van der Waals surface area contributed by atoms with Crippen molar-refractivity contribution >= 4 is 17.2 Å². The van der Waals surface area contributed by atoms with Gasteiger partial charge in [-0.15, -0.1) is 0 Å². The second kappa shape index (κ2) is 3.06. The highest BCUT2D eigenvalue weighted by molar-refractivity contribution is 5.96. The van der Waals surface area contributed by atoms with Crippen LogP contribution in [0.4, 0.5) is 4.39 Å². The summed E-state index contributed by atoms with van der Waals surface area (Å²) in [6, 6.07) is 6.57. The smallest absolute Gasteiger partial charge is 0.285 e. The Bertz CT molecular complexity index is 560. The van der Waals surface area contributed by atoms with Crippen LogP contribution >= 0.6 is 0 Å². The monoisotopic (exact) mass is 191 g/mol. The molecule has 1 N–H and O–H groups in total. The number of hydrogen-bond donors (Lipinski definition) is 1. The van der Waals surface area contributed by atoms with E-state index in [9.17, 15) is 14.0 Å². The van der Waals surface area contributed by atoms with Gasteiger partial charge < -0.3 is 4.98 Å². The van der Waals surface area contributed by atoms with E-state index < -0.39 is 11.4 Å². The minimum absolute atomic E-state index is 0.190. The molecule has 0 aliphatic heterocycles. The largest absolute Gasteiger partial charge is 0.319 e. The van der Waals surface area contributed by atoms with Gasteiger partial charge in [-0.05, 0) is 6.07 Å². The second-order valence-electron chi connectivity index (χ2n) is 2.85. The summed E-state index contributed by atoms with van der Waals surface area (Å²) in [5.41, 5.74) is -0.601. The number of hydrogen-bond acceptors (Lipinski definition) is 2. The van der Waals surface area contributed by atoms with Crippen LogP contribution in [0.3, 0.4) is 0 Å². The van der Waals surface area contributed by atoms with E-state index in [1.54, 1.807) is 24.3 Å². The van der Waals surface area contributed by atoms with Gasteiger partial charge in [-0.1, -0.05) is 18.2 Å². The van der Waals surface area contributed by atoms with Crippen molar-refractivity contribution in [3.8, 4) is 0 Å². The highest BCUT2D eigenvalue weighted by atomic mass is 19.1. The molecule has 0 spiro atoms. The van der Waals surface area contributed by atoms with E-state index >= 15 is 0 Å². The Labute approximate surface area is 78.2 Å². The molecule has 2 rings (SSSR count). The number of benzene rings is 1. The van der Waals surface area contributed by atoms with Gasteiger partial charge in [-0.2, -0.15) is 0 Å². The summed E-state index contributed by atoms with van der Waals surface area (Å²) in [5, 5.41) is 0.416. The Balaban J connectivity index is 3.03. The Morgan fingerprint density at radius 2 is 2.00 bits per heavy atom. The maximum absolute atomic E-state index is 13.2. The Morgan fingerprint density at radius 1 is 1.29 bits per heavy atom. The van der Waals surface area contributed by atoms with Gasteiger partial charge in [0.25, 0.3) is 5.56 Å². The minimum atomic E-state index is -1.03. The summed E-state index contributed by atoms with van der Waals surface area (Å²) in [5.74, 6) is -1.03. The van der Waals surface area contributed by atoms with Crippen LogP contribution in [0.1, 0.15) is 10.4 Å². The first kappa shape index (κ1) is 8.62. The maximum Gasteiger partial charge on any atom is 0.285 e. The Kier molecular flexibility index (Phi) is 1.89. The molecule has 1 aromatic heterocycles. The van der Waals surface area contributed by atoms with Crippen molar-refractivity contribution in [3.05, 3.63) is 46.0 Å². The van der Waals surface area contributed by atoms with Crippen molar-refractivity contribution in [1.29, 1.82) is 0 Å². The summed E-state index contributed by atoms with van der Waals surface area (Å²) < 4.78 is 13.2. The predicted octanol–water partition coefficient (Wildman–Crippen LogP) is 1.48. The molecule has 2 aromatic rings. The third-order valence-corrected chi connectivity index (χ3v) is 2.02. The lowest BCUT2D eigenvalue weighted by molar-refractivity contribution is 0.112. The highest BCUT2D eigenvalue weighted by Gasteiger charge is 2.10. The van der Waals surface area contributed by atoms with Crippen LogP contribution in [0.25, 0.3) is 10.9 Å². The molecule has 0 atom stereocenters. The van der Waals surface area contributed by atoms with Crippen LogP contribution in [0.5, 0.6) is 0 Å². The molecule has 0 aliphatic carbocycles. The number of para-hydroxylation sites is 1. The normalized spacial score (nSPS) is 10.4. The highest BCUT2D eigenvalue weighted by Crippen LogP contribution is 2.14. The van der Waals surface area contributed by atoms with Gasteiger partial charge in [0.15, 0.2) is 12.1 Å². The number of carbonyl (C=O) groups excluding carboxylic acids is 1. The van der Waals surface area contributed by atoms with Crippen molar-refractivity contribution in [2.24, 2.45) is 0 Å². The second-order valence-corrected chi connectivity index (χ2v) is 2.85. The molecule has 0 unspecified atom stereocenters. The molecular formula is C10H6FNO2. The van der Waals surface area contributed by atoms with Crippen molar-refractivity contribution < 1.29 is 9.18 Å². The van der Waals surface area contributed by atoms with Crippen molar-refractivity contribution in [2.75, 3.05) is 0 Å². The van der Waals surface area contributed by atoms with Crippen LogP contribution in [-0.4, -0.2) is 11.3 Å². The predicted molar refractivity (Wildman–Crippen MR) is 49.9 cm³/mol. The molecule has 1 heterocycles. The first-order valence-electron chi connectivity index (χ1n) is 3.99. The Hall–Kier alpha value is -1.97. The van der Waals surface area contributed by atoms with E-state index in [1.807, 2.05) is 0 Å². The molecular weight excluding hydrogens is 185 g/mol. The van der Waals surface area contributed by atoms with Crippen molar-refractivity contribution in [1.82, 2.24) is 4.98 Å².